The van der Waals surface area contributed by atoms with Gasteiger partial charge in [-0.2, -0.15) is 0 Å². The summed E-state index contributed by atoms with van der Waals surface area (Å²) < 4.78 is 79.0. The van der Waals surface area contributed by atoms with Crippen molar-refractivity contribution in [2.75, 3.05) is 0 Å². The number of hydrogen-bond donors (Lipinski definition) is 0. The SMILES string of the molecule is [2H]c1c([2H])c([2H])c2c(-c3cccc4oc5ccccc5c34)c3c([2H])c([2H])c([2H])c([2H])c3c(-c3ccc(-c4ccc5c(c4)C(C)(C)c4ccccc4-5)cc3)c2c1[2H]. The molecule has 1 aliphatic carbocycles. The van der Waals surface area contributed by atoms with E-state index in [0.29, 0.717) is 38.8 Å². The van der Waals surface area contributed by atoms with Gasteiger partial charge < -0.3 is 4.42 Å². The predicted octanol–water partition coefficient (Wildman–Crippen LogP) is 13.2. The predicted molar refractivity (Wildman–Crippen MR) is 203 cm³/mol. The Balaban J connectivity index is 1.29. The summed E-state index contributed by atoms with van der Waals surface area (Å²) in [5.41, 5.74) is 9.65. The van der Waals surface area contributed by atoms with E-state index in [1.807, 2.05) is 60.7 Å². The Labute approximate surface area is 291 Å². The van der Waals surface area contributed by atoms with E-state index in [1.165, 1.54) is 22.3 Å². The second kappa shape index (κ2) is 10.0. The quantitative estimate of drug-likeness (QED) is 0.179. The summed E-state index contributed by atoms with van der Waals surface area (Å²) in [6, 6.07) is 32.7. The van der Waals surface area contributed by atoms with Gasteiger partial charge in [-0.05, 0) is 95.4 Å². The van der Waals surface area contributed by atoms with Crippen LogP contribution in [0.5, 0.6) is 0 Å². The van der Waals surface area contributed by atoms with E-state index in [-0.39, 0.29) is 51.1 Å². The van der Waals surface area contributed by atoms with Crippen molar-refractivity contribution in [3.8, 4) is 44.5 Å². The molecule has 48 heavy (non-hydrogen) atoms. The zero-order valence-electron chi connectivity index (χ0n) is 34.3. The van der Waals surface area contributed by atoms with Crippen molar-refractivity contribution < 1.29 is 15.4 Å². The van der Waals surface area contributed by atoms with E-state index >= 15 is 0 Å². The molecule has 1 aromatic heterocycles. The van der Waals surface area contributed by atoms with Gasteiger partial charge in [-0.3, -0.25) is 0 Å². The monoisotopic (exact) mass is 620 g/mol. The molecule has 0 unspecified atom stereocenters. The second-order valence-electron chi connectivity index (χ2n) is 13.0. The molecule has 0 N–H and O–H groups in total. The van der Waals surface area contributed by atoms with Gasteiger partial charge in [0.15, 0.2) is 0 Å². The molecule has 0 aliphatic heterocycles. The molecule has 0 fully saturated rings. The maximum atomic E-state index is 9.39. The lowest BCUT2D eigenvalue weighted by Crippen LogP contribution is -2.14. The molecule has 9 aromatic rings. The van der Waals surface area contributed by atoms with Crippen LogP contribution in [0.4, 0.5) is 0 Å². The van der Waals surface area contributed by atoms with Crippen molar-refractivity contribution in [3.63, 3.8) is 0 Å². The number of rotatable bonds is 3. The summed E-state index contributed by atoms with van der Waals surface area (Å²) in [4.78, 5) is 0. The first kappa shape index (κ1) is 20.3. The largest absolute Gasteiger partial charge is 0.456 e. The fraction of sp³-hybridized carbons (Fsp3) is 0.0638. The van der Waals surface area contributed by atoms with Crippen LogP contribution in [0.25, 0.3) is 88.0 Å². The van der Waals surface area contributed by atoms with Crippen molar-refractivity contribution in [2.24, 2.45) is 0 Å². The van der Waals surface area contributed by atoms with E-state index in [2.05, 4.69) is 56.3 Å². The summed E-state index contributed by atoms with van der Waals surface area (Å²) in [7, 11) is 0. The molecule has 226 valence electrons. The van der Waals surface area contributed by atoms with Gasteiger partial charge in [-0.1, -0.05) is 153 Å². The Kier molecular flexibility index (Phi) is 4.25. The minimum atomic E-state index is -0.434. The van der Waals surface area contributed by atoms with Crippen LogP contribution in [0.15, 0.2) is 162 Å². The third-order valence-corrected chi connectivity index (χ3v) is 10.1. The summed E-state index contributed by atoms with van der Waals surface area (Å²) in [5, 5.41) is 2.16. The summed E-state index contributed by atoms with van der Waals surface area (Å²) in [6.07, 6.45) is 0. The fourth-order valence-corrected chi connectivity index (χ4v) is 7.88. The van der Waals surface area contributed by atoms with Gasteiger partial charge in [-0.15, -0.1) is 0 Å². The van der Waals surface area contributed by atoms with Crippen LogP contribution in [0, 0.1) is 0 Å². The molecule has 0 saturated carbocycles. The molecule has 0 amide bonds. The number of benzene rings is 8. The highest BCUT2D eigenvalue weighted by molar-refractivity contribution is 6.25. The second-order valence-corrected chi connectivity index (χ2v) is 13.0. The molecular weight excluding hydrogens is 581 g/mol. The molecule has 0 spiro atoms. The summed E-state index contributed by atoms with van der Waals surface area (Å²) in [5.74, 6) is 0. The Morgan fingerprint density at radius 1 is 0.458 bits per heavy atom. The smallest absolute Gasteiger partial charge is 0.136 e. The average molecular weight is 621 g/mol. The van der Waals surface area contributed by atoms with Crippen LogP contribution in [0.1, 0.15) is 35.9 Å². The van der Waals surface area contributed by atoms with Crippen molar-refractivity contribution in [1.82, 2.24) is 0 Å². The van der Waals surface area contributed by atoms with Crippen LogP contribution in [-0.4, -0.2) is 0 Å². The van der Waals surface area contributed by atoms with Gasteiger partial charge in [0.1, 0.15) is 11.2 Å². The van der Waals surface area contributed by atoms with Gasteiger partial charge >= 0.3 is 0 Å². The van der Waals surface area contributed by atoms with E-state index in [1.54, 1.807) is 6.07 Å². The third kappa shape index (κ3) is 3.79. The zero-order chi connectivity index (χ0) is 38.9. The molecular formula is C47H32O. The molecule has 1 nitrogen and oxygen atoms in total. The summed E-state index contributed by atoms with van der Waals surface area (Å²) in [6.45, 7) is 4.48. The maximum absolute atomic E-state index is 9.39. The van der Waals surface area contributed by atoms with Gasteiger partial charge in [-0.25, -0.2) is 0 Å². The topological polar surface area (TPSA) is 13.1 Å². The van der Waals surface area contributed by atoms with E-state index in [9.17, 15) is 5.48 Å². The van der Waals surface area contributed by atoms with Crippen LogP contribution in [0.2, 0.25) is 0 Å². The first-order valence-electron chi connectivity index (χ1n) is 20.1. The molecule has 0 saturated heterocycles. The minimum Gasteiger partial charge on any atom is -0.456 e. The van der Waals surface area contributed by atoms with Crippen LogP contribution in [0.3, 0.4) is 0 Å². The van der Waals surface area contributed by atoms with Crippen molar-refractivity contribution in [2.45, 2.75) is 19.3 Å². The summed E-state index contributed by atoms with van der Waals surface area (Å²) >= 11 is 0. The van der Waals surface area contributed by atoms with Gasteiger partial charge in [0.25, 0.3) is 0 Å². The Morgan fingerprint density at radius 2 is 1.02 bits per heavy atom. The Bertz CT molecular complexity index is 3110. The fourth-order valence-electron chi connectivity index (χ4n) is 7.88. The molecule has 1 aliphatic rings. The molecule has 0 atom stereocenters. The lowest BCUT2D eigenvalue weighted by atomic mass is 9.81. The van der Waals surface area contributed by atoms with Crippen molar-refractivity contribution in [3.05, 3.63) is 169 Å². The van der Waals surface area contributed by atoms with Gasteiger partial charge in [0.2, 0.25) is 0 Å². The highest BCUT2D eigenvalue weighted by atomic mass is 16.3. The number of para-hydroxylation sites is 1. The number of furan rings is 1. The lowest BCUT2D eigenvalue weighted by molar-refractivity contribution is 0.660. The van der Waals surface area contributed by atoms with Crippen molar-refractivity contribution in [1.29, 1.82) is 0 Å². The zero-order valence-corrected chi connectivity index (χ0v) is 26.3. The number of hydrogen-bond acceptors (Lipinski definition) is 1. The van der Waals surface area contributed by atoms with Gasteiger partial charge in [0.05, 0.1) is 11.0 Å². The Morgan fingerprint density at radius 3 is 1.77 bits per heavy atom. The van der Waals surface area contributed by atoms with E-state index in [4.69, 9.17) is 9.90 Å². The molecule has 10 rings (SSSR count). The lowest BCUT2D eigenvalue weighted by Gasteiger charge is -2.22. The molecule has 0 bridgehead atoms. The maximum Gasteiger partial charge on any atom is 0.136 e. The van der Waals surface area contributed by atoms with E-state index in [0.717, 1.165) is 16.5 Å². The molecule has 1 heteroatoms. The standard InChI is InChI=1S/C47H32O/c1-47(2)40-19-9-7-12-32(40)33-27-26-31(28-41(33)47)29-22-24-30(25-23-29)44-34-13-3-5-15-36(34)45(37-16-6-4-14-35(37)44)39-18-11-21-43-46(39)38-17-8-10-20-42(38)48-43/h3-28H,1-2H3/i3D,4D,5D,6D,13D,14D,15D,16D. The molecule has 8 aromatic carbocycles. The highest BCUT2D eigenvalue weighted by Crippen LogP contribution is 2.50. The molecule has 0 radical (unpaired) electrons. The molecule has 1 heterocycles. The normalized spacial score (nSPS) is 15.7. The van der Waals surface area contributed by atoms with Crippen LogP contribution in [-0.2, 0) is 5.41 Å². The van der Waals surface area contributed by atoms with Gasteiger partial charge in [0, 0.05) is 16.2 Å². The highest BCUT2D eigenvalue weighted by Gasteiger charge is 2.35. The van der Waals surface area contributed by atoms with Crippen molar-refractivity contribution >= 4 is 43.5 Å². The van der Waals surface area contributed by atoms with Crippen LogP contribution >= 0.6 is 0 Å². The number of fused-ring (bicyclic) bond motifs is 8. The minimum absolute atomic E-state index is 0.172. The Hall–Kier alpha value is -5.92. The third-order valence-electron chi connectivity index (χ3n) is 10.1. The van der Waals surface area contributed by atoms with Crippen LogP contribution < -0.4 is 0 Å². The van der Waals surface area contributed by atoms with E-state index < -0.39 is 24.2 Å². The average Bonchev–Trinajstić information content (AvgIpc) is 3.71. The first-order chi connectivity index (χ1) is 26.9. The first-order valence-corrected chi connectivity index (χ1v) is 16.1.